The summed E-state index contributed by atoms with van der Waals surface area (Å²) in [5.41, 5.74) is 1.59. The topological polar surface area (TPSA) is 89.2 Å². The van der Waals surface area contributed by atoms with Crippen LogP contribution in [0.5, 0.6) is 0 Å². The van der Waals surface area contributed by atoms with Gasteiger partial charge in [-0.25, -0.2) is 0 Å². The predicted octanol–water partition coefficient (Wildman–Crippen LogP) is 2.93. The Morgan fingerprint density at radius 1 is 1.17 bits per heavy atom. The highest BCUT2D eigenvalue weighted by atomic mass is 16.3. The summed E-state index contributed by atoms with van der Waals surface area (Å²) in [7, 11) is 0. The van der Waals surface area contributed by atoms with Crippen molar-refractivity contribution in [1.82, 2.24) is 9.78 Å². The van der Waals surface area contributed by atoms with Crippen LogP contribution in [0.2, 0.25) is 0 Å². The van der Waals surface area contributed by atoms with Gasteiger partial charge in [-0.3, -0.25) is 14.3 Å². The molecule has 0 spiro atoms. The van der Waals surface area contributed by atoms with Crippen molar-refractivity contribution in [3.05, 3.63) is 66.9 Å². The van der Waals surface area contributed by atoms with Crippen LogP contribution in [0.1, 0.15) is 23.3 Å². The molecule has 2 amide bonds. The highest BCUT2D eigenvalue weighted by Gasteiger charge is 2.15. The Morgan fingerprint density at radius 3 is 2.62 bits per heavy atom. The van der Waals surface area contributed by atoms with Crippen LogP contribution in [0.3, 0.4) is 0 Å². The molecule has 1 atom stereocenters. The van der Waals surface area contributed by atoms with Crippen LogP contribution < -0.4 is 10.6 Å². The minimum Gasteiger partial charge on any atom is -0.472 e. The number of amides is 2. The fraction of sp³-hybridized carbons (Fsp3) is 0.118. The summed E-state index contributed by atoms with van der Waals surface area (Å²) in [5.74, 6) is -0.478. The van der Waals surface area contributed by atoms with E-state index in [0.717, 1.165) is 0 Å². The van der Waals surface area contributed by atoms with E-state index in [1.807, 2.05) is 0 Å². The van der Waals surface area contributed by atoms with Gasteiger partial charge in [0.25, 0.3) is 5.91 Å². The van der Waals surface area contributed by atoms with E-state index in [9.17, 15) is 9.59 Å². The number of anilines is 2. The standard InChI is InChI=1S/C17H16N4O3/c1-12(21-8-3-7-18-21)16(22)19-14-4-2-5-15(10-14)20-17(23)13-6-9-24-11-13/h2-12H,1H3,(H,19,22)(H,20,23). The summed E-state index contributed by atoms with van der Waals surface area (Å²) in [5, 5.41) is 9.61. The molecule has 2 heterocycles. The first kappa shape index (κ1) is 15.5. The molecule has 0 bridgehead atoms. The average molecular weight is 324 g/mol. The van der Waals surface area contributed by atoms with E-state index >= 15 is 0 Å². The smallest absolute Gasteiger partial charge is 0.258 e. The molecule has 122 valence electrons. The van der Waals surface area contributed by atoms with Gasteiger partial charge in [-0.05, 0) is 37.3 Å². The van der Waals surface area contributed by atoms with E-state index in [0.29, 0.717) is 16.9 Å². The molecule has 0 aliphatic rings. The van der Waals surface area contributed by atoms with Gasteiger partial charge in [-0.2, -0.15) is 5.10 Å². The van der Waals surface area contributed by atoms with E-state index in [4.69, 9.17) is 4.42 Å². The van der Waals surface area contributed by atoms with E-state index in [1.165, 1.54) is 12.5 Å². The van der Waals surface area contributed by atoms with Crippen molar-refractivity contribution in [3.63, 3.8) is 0 Å². The van der Waals surface area contributed by atoms with Crippen molar-refractivity contribution in [3.8, 4) is 0 Å². The van der Waals surface area contributed by atoms with Crippen LogP contribution in [0.4, 0.5) is 11.4 Å². The number of benzene rings is 1. The molecular formula is C17H16N4O3. The van der Waals surface area contributed by atoms with Crippen molar-refractivity contribution in [2.75, 3.05) is 10.6 Å². The lowest BCUT2D eigenvalue weighted by Gasteiger charge is -2.13. The fourth-order valence-corrected chi connectivity index (χ4v) is 2.15. The van der Waals surface area contributed by atoms with Crippen LogP contribution >= 0.6 is 0 Å². The Hall–Kier alpha value is -3.35. The molecule has 0 aliphatic heterocycles. The molecule has 0 aliphatic carbocycles. The van der Waals surface area contributed by atoms with Crippen molar-refractivity contribution >= 4 is 23.2 Å². The number of hydrogen-bond donors (Lipinski definition) is 2. The summed E-state index contributed by atoms with van der Waals surface area (Å²) in [6, 6.07) is 9.82. The monoisotopic (exact) mass is 324 g/mol. The number of nitrogens with zero attached hydrogens (tertiary/aromatic N) is 2. The Bertz CT molecular complexity index is 825. The second-order valence-electron chi connectivity index (χ2n) is 5.20. The molecular weight excluding hydrogens is 308 g/mol. The number of hydrogen-bond acceptors (Lipinski definition) is 4. The lowest BCUT2D eigenvalue weighted by atomic mass is 10.2. The molecule has 2 N–H and O–H groups in total. The van der Waals surface area contributed by atoms with Gasteiger partial charge >= 0.3 is 0 Å². The number of carbonyl (C=O) groups is 2. The van der Waals surface area contributed by atoms with Gasteiger partial charge < -0.3 is 15.1 Å². The molecule has 1 unspecified atom stereocenters. The molecule has 0 fully saturated rings. The summed E-state index contributed by atoms with van der Waals surface area (Å²) in [4.78, 5) is 24.3. The Balaban J connectivity index is 1.67. The van der Waals surface area contributed by atoms with Gasteiger partial charge in [0.1, 0.15) is 12.3 Å². The maximum atomic E-state index is 12.3. The van der Waals surface area contributed by atoms with E-state index in [-0.39, 0.29) is 11.8 Å². The average Bonchev–Trinajstić information content (AvgIpc) is 3.28. The van der Waals surface area contributed by atoms with Crippen LogP contribution in [0.15, 0.2) is 65.7 Å². The van der Waals surface area contributed by atoms with Gasteiger partial charge in [-0.15, -0.1) is 0 Å². The van der Waals surface area contributed by atoms with Gasteiger partial charge in [-0.1, -0.05) is 6.07 Å². The van der Waals surface area contributed by atoms with E-state index in [2.05, 4.69) is 15.7 Å². The highest BCUT2D eigenvalue weighted by molar-refractivity contribution is 6.04. The highest BCUT2D eigenvalue weighted by Crippen LogP contribution is 2.18. The van der Waals surface area contributed by atoms with E-state index < -0.39 is 6.04 Å². The van der Waals surface area contributed by atoms with Gasteiger partial charge in [0.05, 0.1) is 11.8 Å². The lowest BCUT2D eigenvalue weighted by molar-refractivity contribution is -0.119. The molecule has 7 heteroatoms. The molecule has 7 nitrogen and oxygen atoms in total. The molecule has 3 aromatic rings. The van der Waals surface area contributed by atoms with Crippen molar-refractivity contribution in [2.45, 2.75) is 13.0 Å². The van der Waals surface area contributed by atoms with Crippen molar-refractivity contribution < 1.29 is 14.0 Å². The molecule has 2 aromatic heterocycles. The zero-order valence-corrected chi connectivity index (χ0v) is 13.0. The normalized spacial score (nSPS) is 11.7. The Kier molecular flexibility index (Phi) is 4.42. The minimum absolute atomic E-state index is 0.197. The summed E-state index contributed by atoms with van der Waals surface area (Å²) >= 11 is 0. The first-order chi connectivity index (χ1) is 11.6. The molecule has 0 saturated heterocycles. The zero-order valence-electron chi connectivity index (χ0n) is 13.0. The fourth-order valence-electron chi connectivity index (χ4n) is 2.15. The number of carbonyl (C=O) groups excluding carboxylic acids is 2. The zero-order chi connectivity index (χ0) is 16.9. The van der Waals surface area contributed by atoms with Gasteiger partial charge in [0.15, 0.2) is 0 Å². The molecule has 24 heavy (non-hydrogen) atoms. The minimum atomic E-state index is -0.441. The van der Waals surface area contributed by atoms with Crippen LogP contribution in [-0.2, 0) is 4.79 Å². The quantitative estimate of drug-likeness (QED) is 0.755. The SMILES string of the molecule is CC(C(=O)Nc1cccc(NC(=O)c2ccoc2)c1)n1cccn1. The van der Waals surface area contributed by atoms with Crippen LogP contribution in [0, 0.1) is 0 Å². The first-order valence-corrected chi connectivity index (χ1v) is 7.37. The maximum absolute atomic E-state index is 12.3. The third-order valence-corrected chi connectivity index (χ3v) is 3.47. The summed E-state index contributed by atoms with van der Waals surface area (Å²) in [6.07, 6.45) is 6.15. The lowest BCUT2D eigenvalue weighted by Crippen LogP contribution is -2.24. The van der Waals surface area contributed by atoms with Crippen molar-refractivity contribution in [1.29, 1.82) is 0 Å². The first-order valence-electron chi connectivity index (χ1n) is 7.37. The number of furan rings is 1. The second kappa shape index (κ2) is 6.82. The number of aromatic nitrogens is 2. The molecule has 3 rings (SSSR count). The second-order valence-corrected chi connectivity index (χ2v) is 5.20. The number of nitrogens with one attached hydrogen (secondary N) is 2. The summed E-state index contributed by atoms with van der Waals surface area (Å²) < 4.78 is 6.45. The molecule has 0 saturated carbocycles. The third-order valence-electron chi connectivity index (χ3n) is 3.47. The van der Waals surface area contributed by atoms with Crippen LogP contribution in [0.25, 0.3) is 0 Å². The maximum Gasteiger partial charge on any atom is 0.258 e. The van der Waals surface area contributed by atoms with E-state index in [1.54, 1.807) is 60.4 Å². The molecule has 0 radical (unpaired) electrons. The Morgan fingerprint density at radius 2 is 1.96 bits per heavy atom. The Labute approximate surface area is 138 Å². The van der Waals surface area contributed by atoms with Gasteiger partial charge in [0, 0.05) is 23.8 Å². The largest absolute Gasteiger partial charge is 0.472 e. The van der Waals surface area contributed by atoms with Crippen LogP contribution in [-0.4, -0.2) is 21.6 Å². The van der Waals surface area contributed by atoms with Crippen molar-refractivity contribution in [2.24, 2.45) is 0 Å². The number of rotatable bonds is 5. The summed E-state index contributed by atoms with van der Waals surface area (Å²) in [6.45, 7) is 1.76. The third kappa shape index (κ3) is 3.52. The predicted molar refractivity (Wildman–Crippen MR) is 88.7 cm³/mol. The molecule has 1 aromatic carbocycles. The van der Waals surface area contributed by atoms with Gasteiger partial charge in [0.2, 0.25) is 5.91 Å².